The van der Waals surface area contributed by atoms with E-state index in [1.165, 1.54) is 6.92 Å². The molecule has 3 rings (SSSR count). The summed E-state index contributed by atoms with van der Waals surface area (Å²) in [6, 6.07) is -1.22. The van der Waals surface area contributed by atoms with Crippen LogP contribution in [0.1, 0.15) is 79.1 Å². The Kier molecular flexibility index (Phi) is 28.1. The summed E-state index contributed by atoms with van der Waals surface area (Å²) in [7, 11) is 1.55. The molecule has 3 aliphatic heterocycles. The maximum Gasteiger partial charge on any atom is 0.308 e. The molecule has 21 nitrogen and oxygen atoms in total. The molecule has 0 saturated carbocycles. The lowest BCUT2D eigenvalue weighted by atomic mass is 9.82. The number of esters is 1. The Morgan fingerprint density at radius 1 is 0.712 bits per heavy atom. The maximum absolute atomic E-state index is 13.6. The minimum absolute atomic E-state index is 0.0377. The normalized spacial score (nSPS) is 41.7. The molecular weight excluding hydrogens is 953 g/mol. The Morgan fingerprint density at radius 3 is 1.92 bits per heavy atom. The van der Waals surface area contributed by atoms with Crippen LogP contribution in [0.15, 0.2) is 85.1 Å². The second kappa shape index (κ2) is 32.4. The van der Waals surface area contributed by atoms with Crippen LogP contribution in [0.3, 0.4) is 0 Å². The molecule has 0 radical (unpaired) electrons. The molecule has 73 heavy (non-hydrogen) atoms. The molecule has 2 saturated heterocycles. The van der Waals surface area contributed by atoms with Crippen molar-refractivity contribution >= 4 is 17.8 Å². The Morgan fingerprint density at radius 2 is 1.32 bits per heavy atom. The molecule has 21 heteroatoms. The number of hydrogen-bond acceptors (Lipinski definition) is 19. The molecule has 1 unspecified atom stereocenters. The molecule has 19 atom stereocenters. The van der Waals surface area contributed by atoms with Crippen LogP contribution >= 0.6 is 0 Å². The van der Waals surface area contributed by atoms with Crippen LogP contribution in [0.2, 0.25) is 0 Å². The van der Waals surface area contributed by atoms with Gasteiger partial charge in [-0.3, -0.25) is 14.4 Å². The Hall–Kier alpha value is -4.01. The lowest BCUT2D eigenvalue weighted by Crippen LogP contribution is -2.64. The van der Waals surface area contributed by atoms with E-state index in [1.54, 1.807) is 87.7 Å². The third-order valence-electron chi connectivity index (χ3n) is 13.1. The van der Waals surface area contributed by atoms with Gasteiger partial charge in [0.25, 0.3) is 0 Å². The highest BCUT2D eigenvalue weighted by atomic mass is 16.7. The number of cyclic esters (lactones) is 1. The van der Waals surface area contributed by atoms with E-state index in [9.17, 15) is 65.4 Å². The number of aliphatic hydroxyl groups is 10. The van der Waals surface area contributed by atoms with Gasteiger partial charge in [0.05, 0.1) is 86.0 Å². The van der Waals surface area contributed by atoms with Crippen LogP contribution in [0.5, 0.6) is 0 Å². The van der Waals surface area contributed by atoms with E-state index in [1.807, 2.05) is 25.2 Å². The predicted octanol–water partition coefficient (Wildman–Crippen LogP) is -0.921. The number of carbonyl (C=O) groups excluding carboxylic acids is 3. The van der Waals surface area contributed by atoms with Crippen LogP contribution in [-0.2, 0) is 33.3 Å². The molecule has 3 aliphatic rings. The second-order valence-electron chi connectivity index (χ2n) is 19.4. The highest BCUT2D eigenvalue weighted by Gasteiger charge is 2.51. The highest BCUT2D eigenvalue weighted by Crippen LogP contribution is 2.38. The van der Waals surface area contributed by atoms with Crippen molar-refractivity contribution in [1.82, 2.24) is 16.0 Å². The van der Waals surface area contributed by atoms with Gasteiger partial charge in [0, 0.05) is 50.6 Å². The standard InChI is InChI=1S/C52H84N4O17/c1-31-18-16-14-12-10-8-6-7-9-11-13-15-17-19-38(72-51-49(67)46(48(66)34(4)71-51)56-43(63)30-54-5)27-42-45(50(68)55-23-22-53)41(62)29-52(69,73-42)28-37(59)25-40(61)39(60)21-20-35(57)24-36(58)26-44(64)70-33(3)32(2)47(31)65/h6-19,31-42,45-49,51,54,57-62,65-67,69H,20-30,53H2,1-5H3,(H,55,68)(H,56,63)/b7-6+,10-8+,11-9+,14-12+,15-13+,18-16+,19-17+/t31-,32-,33-,34-,35+,36+,37-,38-,39+,40+,41-,42-,45+,46-,47+,48+,49-,51+,52?/m0/s1. The first kappa shape index (κ1) is 63.3. The van der Waals surface area contributed by atoms with E-state index in [0.29, 0.717) is 0 Å². The number of carbonyl (C=O) groups is 3. The third kappa shape index (κ3) is 22.0. The average Bonchev–Trinajstić information content (AvgIpc) is 3.31. The molecule has 0 spiro atoms. The van der Waals surface area contributed by atoms with Gasteiger partial charge in [-0.15, -0.1) is 0 Å². The van der Waals surface area contributed by atoms with Gasteiger partial charge in [0.15, 0.2) is 12.1 Å². The number of amides is 2. The fourth-order valence-corrected chi connectivity index (χ4v) is 8.84. The lowest BCUT2D eigenvalue weighted by Gasteiger charge is -2.46. The van der Waals surface area contributed by atoms with Crippen molar-refractivity contribution in [3.05, 3.63) is 85.1 Å². The van der Waals surface area contributed by atoms with E-state index in [4.69, 9.17) is 24.7 Å². The molecule has 0 aromatic carbocycles. The zero-order valence-electron chi connectivity index (χ0n) is 42.7. The molecule has 414 valence electrons. The monoisotopic (exact) mass is 1040 g/mol. The minimum atomic E-state index is -2.31. The molecule has 0 aliphatic carbocycles. The van der Waals surface area contributed by atoms with Crippen LogP contribution in [0, 0.1) is 17.8 Å². The number of nitrogens with one attached hydrogen (secondary N) is 3. The molecule has 2 amide bonds. The van der Waals surface area contributed by atoms with Gasteiger partial charge in [-0.25, -0.2) is 0 Å². The number of rotatable bonds is 8. The molecule has 15 N–H and O–H groups in total. The van der Waals surface area contributed by atoms with Crippen LogP contribution < -0.4 is 21.7 Å². The molecule has 3 heterocycles. The fourth-order valence-electron chi connectivity index (χ4n) is 8.84. The molecule has 0 aromatic rings. The number of nitrogens with two attached hydrogens (primary N) is 1. The summed E-state index contributed by atoms with van der Waals surface area (Å²) in [6.45, 7) is 6.73. The first-order chi connectivity index (χ1) is 34.6. The smallest absolute Gasteiger partial charge is 0.308 e. The Bertz CT molecular complexity index is 1880. The van der Waals surface area contributed by atoms with Crippen molar-refractivity contribution in [2.24, 2.45) is 23.5 Å². The van der Waals surface area contributed by atoms with Gasteiger partial charge in [-0.05, 0) is 40.2 Å². The zero-order chi connectivity index (χ0) is 54.3. The summed E-state index contributed by atoms with van der Waals surface area (Å²) in [5.41, 5.74) is 5.65. The molecule has 2 bridgehead atoms. The van der Waals surface area contributed by atoms with Crippen LogP contribution in [0.4, 0.5) is 0 Å². The third-order valence-corrected chi connectivity index (χ3v) is 13.1. The quantitative estimate of drug-likeness (QED) is 0.131. The lowest BCUT2D eigenvalue weighted by molar-refractivity contribution is -0.307. The van der Waals surface area contributed by atoms with E-state index in [-0.39, 0.29) is 51.2 Å². The van der Waals surface area contributed by atoms with Crippen LogP contribution in [0.25, 0.3) is 0 Å². The Labute approximate surface area is 428 Å². The summed E-state index contributed by atoms with van der Waals surface area (Å²) >= 11 is 0. The van der Waals surface area contributed by atoms with Crippen molar-refractivity contribution in [2.75, 3.05) is 26.7 Å². The first-order valence-corrected chi connectivity index (χ1v) is 25.2. The minimum Gasteiger partial charge on any atom is -0.462 e. The van der Waals surface area contributed by atoms with Crippen molar-refractivity contribution in [3.8, 4) is 0 Å². The van der Waals surface area contributed by atoms with E-state index >= 15 is 0 Å². The van der Waals surface area contributed by atoms with Crippen LogP contribution in [-0.4, -0.2) is 193 Å². The predicted molar refractivity (Wildman–Crippen MR) is 269 cm³/mol. The summed E-state index contributed by atoms with van der Waals surface area (Å²) in [6.07, 6.45) is 3.47. The van der Waals surface area contributed by atoms with Gasteiger partial charge in [-0.2, -0.15) is 0 Å². The van der Waals surface area contributed by atoms with Crippen molar-refractivity contribution in [3.63, 3.8) is 0 Å². The number of allylic oxidation sites excluding steroid dienone is 12. The fraction of sp³-hybridized carbons (Fsp3) is 0.673. The maximum atomic E-state index is 13.6. The number of hydrogen-bond donors (Lipinski definition) is 14. The zero-order valence-corrected chi connectivity index (χ0v) is 42.7. The Balaban J connectivity index is 1.96. The van der Waals surface area contributed by atoms with Gasteiger partial charge in [-0.1, -0.05) is 98.9 Å². The second-order valence-corrected chi connectivity index (χ2v) is 19.4. The van der Waals surface area contributed by atoms with Crippen molar-refractivity contribution in [2.45, 2.75) is 177 Å². The van der Waals surface area contributed by atoms with Gasteiger partial charge in [0.1, 0.15) is 18.3 Å². The number of aliphatic hydroxyl groups excluding tert-OH is 9. The average molecular weight is 1040 g/mol. The van der Waals surface area contributed by atoms with Gasteiger partial charge in [0.2, 0.25) is 11.8 Å². The number of likely N-dealkylation sites (N-methyl/N-ethyl adjacent to an activating group) is 1. The molecule has 2 fully saturated rings. The van der Waals surface area contributed by atoms with Crippen molar-refractivity contribution in [1.29, 1.82) is 0 Å². The van der Waals surface area contributed by atoms with Gasteiger partial charge >= 0.3 is 5.97 Å². The SMILES string of the molecule is CNCC(=O)N[C@@H]1[C@H](O)[C@@H](O[C@H]2/C=C/C=C/C=C/C=C/C=C/C=C/C=C/[C@H](C)[C@@H](O)[C@@H](C)[C@H](C)OC(=O)C[C@H](O)C[C@H](O)CC[C@@H](O)[C@H](O)C[C@H](O)CC3(O)C[C@H](O)[C@@H](C(=O)NCCN)[C@H](C2)O3)O[C@@H](C)[C@H]1O. The number of ether oxygens (including phenoxy) is 4. The van der Waals surface area contributed by atoms with Gasteiger partial charge < -0.3 is 91.7 Å². The summed E-state index contributed by atoms with van der Waals surface area (Å²) in [4.78, 5) is 38.9. The topological polar surface area (TPSA) is 353 Å². The van der Waals surface area contributed by atoms with E-state index in [0.717, 1.165) is 0 Å². The summed E-state index contributed by atoms with van der Waals surface area (Å²) in [5, 5.41) is 119. The summed E-state index contributed by atoms with van der Waals surface area (Å²) < 4.78 is 23.9. The van der Waals surface area contributed by atoms with Crippen molar-refractivity contribution < 1.29 is 84.4 Å². The number of fused-ring (bicyclic) bond motifs is 2. The largest absolute Gasteiger partial charge is 0.462 e. The van der Waals surface area contributed by atoms with E-state index in [2.05, 4.69) is 16.0 Å². The summed E-state index contributed by atoms with van der Waals surface area (Å²) in [5.74, 6) is -6.31. The first-order valence-electron chi connectivity index (χ1n) is 25.2. The molecular formula is C52H84N4O17. The van der Waals surface area contributed by atoms with E-state index < -0.39 is 153 Å². The molecule has 0 aromatic heterocycles. The highest BCUT2D eigenvalue weighted by molar-refractivity contribution is 5.80.